The van der Waals surface area contributed by atoms with Crippen LogP contribution < -0.4 is 0 Å². The van der Waals surface area contributed by atoms with Crippen molar-refractivity contribution in [3.05, 3.63) is 57.6 Å². The molecule has 5 aromatic rings. The Morgan fingerprint density at radius 1 is 0.400 bits per heavy atom. The summed E-state index contributed by atoms with van der Waals surface area (Å²) in [7, 11) is 0. The van der Waals surface area contributed by atoms with E-state index >= 15 is 0 Å². The summed E-state index contributed by atoms with van der Waals surface area (Å²) < 4.78 is 15.7. The molecule has 6 heteroatoms. The summed E-state index contributed by atoms with van der Waals surface area (Å²) >= 11 is 1.40. The van der Waals surface area contributed by atoms with Gasteiger partial charge in [0.2, 0.25) is 0 Å². The Bertz CT molecular complexity index is 1960. The zero-order chi connectivity index (χ0) is 42.0. The van der Waals surface area contributed by atoms with E-state index in [2.05, 4.69) is 71.0 Å². The highest BCUT2D eigenvalue weighted by molar-refractivity contribution is 7.00. The van der Waals surface area contributed by atoms with Crippen molar-refractivity contribution in [2.24, 2.45) is 0 Å². The number of benzene rings is 3. The highest BCUT2D eigenvalue weighted by atomic mass is 32.1. The molecule has 0 unspecified atom stereocenters. The van der Waals surface area contributed by atoms with E-state index in [9.17, 15) is 0 Å². The van der Waals surface area contributed by atoms with E-state index in [1.165, 1.54) is 242 Å². The van der Waals surface area contributed by atoms with Crippen LogP contribution in [0, 0.1) is 13.8 Å². The van der Waals surface area contributed by atoms with Gasteiger partial charge in [0.1, 0.15) is 22.1 Å². The van der Waals surface area contributed by atoms with Gasteiger partial charge in [0.25, 0.3) is 0 Å². The Kier molecular flexibility index (Phi) is 16.0. The van der Waals surface area contributed by atoms with Gasteiger partial charge in [0.05, 0.1) is 11.7 Å². The van der Waals surface area contributed by atoms with Gasteiger partial charge in [-0.2, -0.15) is 8.75 Å². The Morgan fingerprint density at radius 3 is 1.18 bits per heavy atom. The predicted octanol–water partition coefficient (Wildman–Crippen LogP) is 17.4. The zero-order valence-corrected chi connectivity index (χ0v) is 39.5. The van der Waals surface area contributed by atoms with E-state index in [1.807, 2.05) is 0 Å². The monoisotopic (exact) mass is 831 g/mol. The lowest BCUT2D eigenvalue weighted by atomic mass is 9.68. The van der Waals surface area contributed by atoms with E-state index in [0.29, 0.717) is 0 Å². The van der Waals surface area contributed by atoms with Crippen LogP contribution in [0.4, 0.5) is 0 Å². The van der Waals surface area contributed by atoms with Gasteiger partial charge in [-0.1, -0.05) is 194 Å². The van der Waals surface area contributed by atoms with Gasteiger partial charge in [-0.05, 0) is 106 Å². The van der Waals surface area contributed by atoms with Gasteiger partial charge in [0.15, 0.2) is 0 Å². The van der Waals surface area contributed by atoms with E-state index in [0.717, 1.165) is 22.1 Å². The van der Waals surface area contributed by atoms with Crippen molar-refractivity contribution >= 4 is 33.8 Å². The molecule has 0 saturated carbocycles. The van der Waals surface area contributed by atoms with Crippen molar-refractivity contribution in [2.75, 3.05) is 0 Å². The maximum atomic E-state index is 5.64. The van der Waals surface area contributed by atoms with E-state index in [1.54, 1.807) is 5.56 Å². The minimum absolute atomic E-state index is 0.0480. The number of aryl methyl sites for hydroxylation is 2. The summed E-state index contributed by atoms with van der Waals surface area (Å²) in [5, 5.41) is 9.30. The third-order valence-electron chi connectivity index (χ3n) is 15.0. The summed E-state index contributed by atoms with van der Waals surface area (Å²) in [4.78, 5) is 0. The number of nitrogens with zero attached hydrogens (tertiary/aromatic N) is 4. The number of unbranched alkanes of at least 4 members (excludes halogenated alkanes) is 20. The Balaban J connectivity index is 1.41. The first kappa shape index (κ1) is 44.9. The van der Waals surface area contributed by atoms with Crippen LogP contribution in [0.25, 0.3) is 44.3 Å². The average Bonchev–Trinajstić information content (AvgIpc) is 4.04. The van der Waals surface area contributed by atoms with E-state index < -0.39 is 0 Å². The van der Waals surface area contributed by atoms with Crippen molar-refractivity contribution < 1.29 is 4.63 Å². The molecule has 2 aromatic heterocycles. The smallest absolute Gasteiger partial charge is 0.143 e. The largest absolute Gasteiger partial charge is 0.243 e. The maximum absolute atomic E-state index is 5.64. The zero-order valence-electron chi connectivity index (χ0n) is 38.7. The fourth-order valence-corrected chi connectivity index (χ4v) is 12.4. The SMILES string of the molecule is CCCCCCCCC1(CCCCCCCC)c2cc3c(cc2-c2c1cc(C)c1nonc21)C(CCCCCCCC)(CCCCCCCC)c1cc(C)c2nsnc2c1-3. The first-order chi connectivity index (χ1) is 29.5. The molecule has 2 aliphatic carbocycles. The molecule has 0 aliphatic heterocycles. The molecule has 60 heavy (non-hydrogen) atoms. The molecule has 0 atom stereocenters. The lowest BCUT2D eigenvalue weighted by molar-refractivity contribution is 0.315. The second kappa shape index (κ2) is 21.3. The molecule has 2 aliphatic rings. The fraction of sp³-hybridized carbons (Fsp3) is 0.667. The van der Waals surface area contributed by atoms with Gasteiger partial charge in [0, 0.05) is 22.0 Å². The summed E-state index contributed by atoms with van der Waals surface area (Å²) in [6.45, 7) is 13.8. The molecule has 5 nitrogen and oxygen atoms in total. The summed E-state index contributed by atoms with van der Waals surface area (Å²) in [5.41, 5.74) is 18.2. The first-order valence-electron chi connectivity index (χ1n) is 25.2. The standard InChI is InChI=1S/C54H78N4OS/c1-7-11-15-19-23-27-31-53(32-28-24-20-16-12-8-2)43-38-42-44(37-41(43)47-45(53)35-39(5)49-51(47)56-59-55-49)54(33-29-25-21-17-13-9-3,34-30-26-22-18-14-10-4)46-36-40(6)50-52(48(42)46)58-60-57-50/h35-38H,7-34H2,1-6H3. The maximum Gasteiger partial charge on any atom is 0.143 e. The molecule has 2 heterocycles. The van der Waals surface area contributed by atoms with Crippen molar-refractivity contribution in [1.29, 1.82) is 0 Å². The fourth-order valence-electron chi connectivity index (χ4n) is 11.7. The van der Waals surface area contributed by atoms with Crippen LogP contribution in [0.2, 0.25) is 0 Å². The normalized spacial score (nSPS) is 14.6. The Labute approximate surface area is 368 Å². The molecule has 0 radical (unpaired) electrons. The topological polar surface area (TPSA) is 64.7 Å². The molecule has 0 bridgehead atoms. The highest BCUT2D eigenvalue weighted by Crippen LogP contribution is 2.63. The van der Waals surface area contributed by atoms with Crippen LogP contribution in [0.3, 0.4) is 0 Å². The average molecular weight is 831 g/mol. The molecular formula is C54H78N4OS. The van der Waals surface area contributed by atoms with Crippen LogP contribution in [0.1, 0.15) is 241 Å². The molecule has 7 rings (SSSR count). The number of hydrogen-bond donors (Lipinski definition) is 0. The summed E-state index contributed by atoms with van der Waals surface area (Å²) in [5.74, 6) is 0. The minimum Gasteiger partial charge on any atom is -0.243 e. The predicted molar refractivity (Wildman–Crippen MR) is 257 cm³/mol. The van der Waals surface area contributed by atoms with Crippen molar-refractivity contribution in [3.8, 4) is 22.3 Å². The molecular weight excluding hydrogens is 753 g/mol. The van der Waals surface area contributed by atoms with Crippen molar-refractivity contribution in [3.63, 3.8) is 0 Å². The molecule has 0 saturated heterocycles. The number of rotatable bonds is 28. The molecule has 0 N–H and O–H groups in total. The highest BCUT2D eigenvalue weighted by Gasteiger charge is 2.49. The number of aromatic nitrogens is 4. The second-order valence-electron chi connectivity index (χ2n) is 19.3. The molecule has 326 valence electrons. The van der Waals surface area contributed by atoms with Crippen LogP contribution in [-0.4, -0.2) is 19.1 Å². The molecule has 0 spiro atoms. The lowest BCUT2D eigenvalue weighted by Gasteiger charge is -2.35. The first-order valence-corrected chi connectivity index (χ1v) is 25.9. The quantitative estimate of drug-likeness (QED) is 0.0470. The summed E-state index contributed by atoms with van der Waals surface area (Å²) in [6.07, 6.45) is 36.2. The molecule has 3 aromatic carbocycles. The van der Waals surface area contributed by atoms with E-state index in [4.69, 9.17) is 18.5 Å². The third-order valence-corrected chi connectivity index (χ3v) is 15.6. The molecule has 0 amide bonds. The number of fused-ring (bicyclic) bond motifs is 10. The van der Waals surface area contributed by atoms with Crippen LogP contribution in [0.5, 0.6) is 0 Å². The Morgan fingerprint density at radius 2 is 0.750 bits per heavy atom. The van der Waals surface area contributed by atoms with Gasteiger partial charge in [-0.15, -0.1) is 0 Å². The van der Waals surface area contributed by atoms with Crippen LogP contribution in [-0.2, 0) is 10.8 Å². The van der Waals surface area contributed by atoms with Crippen molar-refractivity contribution in [1.82, 2.24) is 19.1 Å². The second-order valence-corrected chi connectivity index (χ2v) is 19.9. The number of hydrogen-bond acceptors (Lipinski definition) is 6. The van der Waals surface area contributed by atoms with Gasteiger partial charge in [-0.3, -0.25) is 0 Å². The van der Waals surface area contributed by atoms with Gasteiger partial charge in [-0.25, -0.2) is 4.63 Å². The van der Waals surface area contributed by atoms with Crippen molar-refractivity contribution in [2.45, 2.75) is 232 Å². The van der Waals surface area contributed by atoms with Crippen LogP contribution >= 0.6 is 11.7 Å². The molecule has 0 fully saturated rings. The van der Waals surface area contributed by atoms with Gasteiger partial charge < -0.3 is 0 Å². The lowest BCUT2D eigenvalue weighted by Crippen LogP contribution is -2.27. The minimum atomic E-state index is -0.0682. The Hall–Kier alpha value is -3.12. The van der Waals surface area contributed by atoms with Gasteiger partial charge >= 0.3 is 0 Å². The van der Waals surface area contributed by atoms with Crippen LogP contribution in [0.15, 0.2) is 28.9 Å². The summed E-state index contributed by atoms with van der Waals surface area (Å²) in [6, 6.07) is 10.5. The van der Waals surface area contributed by atoms with E-state index in [-0.39, 0.29) is 10.8 Å². The third kappa shape index (κ3) is 9.02.